The molecule has 1 aromatic carbocycles. The summed E-state index contributed by atoms with van der Waals surface area (Å²) >= 11 is 3.27. The lowest BCUT2D eigenvalue weighted by Crippen LogP contribution is -2.48. The average Bonchev–Trinajstić information content (AvgIpc) is 2.55. The molecule has 0 aliphatic carbocycles. The van der Waals surface area contributed by atoms with Crippen LogP contribution in [0.1, 0.15) is 19.8 Å². The molecular formula is C16H22BrN3O4S. The molecule has 2 rings (SSSR count). The Morgan fingerprint density at radius 3 is 2.32 bits per heavy atom. The molecule has 1 fully saturated rings. The Hall–Kier alpha value is -1.45. The lowest BCUT2D eigenvalue weighted by molar-refractivity contribution is -0.132. The van der Waals surface area contributed by atoms with Crippen molar-refractivity contribution in [3.8, 4) is 0 Å². The second kappa shape index (κ2) is 8.29. The molecule has 0 bridgehead atoms. The van der Waals surface area contributed by atoms with Gasteiger partial charge in [-0.1, -0.05) is 15.9 Å². The van der Waals surface area contributed by atoms with Gasteiger partial charge in [0.2, 0.25) is 21.8 Å². The minimum atomic E-state index is -3.71. The maximum atomic E-state index is 12.5. The van der Waals surface area contributed by atoms with E-state index in [1.807, 2.05) is 0 Å². The maximum Gasteiger partial charge on any atom is 0.243 e. The Morgan fingerprint density at radius 2 is 1.80 bits per heavy atom. The standard InChI is InChI=1S/C16H22BrN3O4S/c1-12(21)18-14-7-9-20(10-8-14)16(22)11-19(2)25(23,24)15-5-3-13(17)4-6-15/h3-6,14H,7-11H2,1-2H3,(H,18,21). The summed E-state index contributed by atoms with van der Waals surface area (Å²) in [5.41, 5.74) is 0. The smallest absolute Gasteiger partial charge is 0.243 e. The molecule has 9 heteroatoms. The van der Waals surface area contributed by atoms with Crippen LogP contribution in [-0.2, 0) is 19.6 Å². The molecule has 0 radical (unpaired) electrons. The predicted octanol–water partition coefficient (Wildman–Crippen LogP) is 1.20. The van der Waals surface area contributed by atoms with E-state index in [2.05, 4.69) is 21.2 Å². The van der Waals surface area contributed by atoms with Crippen molar-refractivity contribution >= 4 is 37.8 Å². The summed E-state index contributed by atoms with van der Waals surface area (Å²) in [6, 6.07) is 6.37. The number of nitrogens with one attached hydrogen (secondary N) is 1. The minimum absolute atomic E-state index is 0.0748. The van der Waals surface area contributed by atoms with Crippen molar-refractivity contribution in [1.29, 1.82) is 0 Å². The van der Waals surface area contributed by atoms with Crippen LogP contribution >= 0.6 is 15.9 Å². The van der Waals surface area contributed by atoms with Crippen molar-refractivity contribution in [2.24, 2.45) is 0 Å². The van der Waals surface area contributed by atoms with E-state index in [0.717, 1.165) is 8.78 Å². The number of carbonyl (C=O) groups excluding carboxylic acids is 2. The topological polar surface area (TPSA) is 86.8 Å². The van der Waals surface area contributed by atoms with Crippen molar-refractivity contribution in [2.45, 2.75) is 30.7 Å². The molecule has 1 heterocycles. The van der Waals surface area contributed by atoms with Crippen LogP contribution in [0.15, 0.2) is 33.6 Å². The Balaban J connectivity index is 1.94. The summed E-state index contributed by atoms with van der Waals surface area (Å²) in [4.78, 5) is 25.3. The number of likely N-dealkylation sites (tertiary alicyclic amines) is 1. The first-order chi connectivity index (χ1) is 11.7. The van der Waals surface area contributed by atoms with E-state index in [0.29, 0.717) is 25.9 Å². The number of amides is 2. The number of hydrogen-bond donors (Lipinski definition) is 1. The van der Waals surface area contributed by atoms with Crippen LogP contribution in [-0.4, -0.2) is 62.2 Å². The molecule has 0 atom stereocenters. The van der Waals surface area contributed by atoms with E-state index in [-0.39, 0.29) is 29.3 Å². The van der Waals surface area contributed by atoms with Gasteiger partial charge in [-0.25, -0.2) is 8.42 Å². The largest absolute Gasteiger partial charge is 0.353 e. The Morgan fingerprint density at radius 1 is 1.24 bits per heavy atom. The third-order valence-corrected chi connectivity index (χ3v) is 6.48. The number of sulfonamides is 1. The summed E-state index contributed by atoms with van der Waals surface area (Å²) in [5.74, 6) is -0.311. The van der Waals surface area contributed by atoms with Gasteiger partial charge < -0.3 is 10.2 Å². The van der Waals surface area contributed by atoms with E-state index in [1.165, 1.54) is 26.1 Å². The molecule has 1 aliphatic rings. The van der Waals surface area contributed by atoms with Crippen LogP contribution in [0.4, 0.5) is 0 Å². The zero-order valence-electron chi connectivity index (χ0n) is 14.2. The monoisotopic (exact) mass is 431 g/mol. The molecule has 25 heavy (non-hydrogen) atoms. The molecule has 1 aliphatic heterocycles. The molecular weight excluding hydrogens is 410 g/mol. The molecule has 7 nitrogen and oxygen atoms in total. The van der Waals surface area contributed by atoms with Gasteiger partial charge in [-0.15, -0.1) is 0 Å². The van der Waals surface area contributed by atoms with Crippen molar-refractivity contribution in [3.05, 3.63) is 28.7 Å². The number of halogens is 1. The van der Waals surface area contributed by atoms with Gasteiger partial charge >= 0.3 is 0 Å². The van der Waals surface area contributed by atoms with Gasteiger partial charge in [0, 0.05) is 37.6 Å². The lowest BCUT2D eigenvalue weighted by Gasteiger charge is -2.33. The first kappa shape index (κ1) is 19.9. The fraction of sp³-hybridized carbons (Fsp3) is 0.500. The van der Waals surface area contributed by atoms with Crippen LogP contribution in [0, 0.1) is 0 Å². The number of carbonyl (C=O) groups is 2. The molecule has 0 unspecified atom stereocenters. The quantitative estimate of drug-likeness (QED) is 0.758. The van der Waals surface area contributed by atoms with E-state index >= 15 is 0 Å². The lowest BCUT2D eigenvalue weighted by atomic mass is 10.1. The number of likely N-dealkylation sites (N-methyl/N-ethyl adjacent to an activating group) is 1. The van der Waals surface area contributed by atoms with Crippen molar-refractivity contribution in [1.82, 2.24) is 14.5 Å². The van der Waals surface area contributed by atoms with Crippen molar-refractivity contribution in [2.75, 3.05) is 26.7 Å². The van der Waals surface area contributed by atoms with Gasteiger partial charge in [0.25, 0.3) is 0 Å². The summed E-state index contributed by atoms with van der Waals surface area (Å²) in [6.07, 6.45) is 1.35. The van der Waals surface area contributed by atoms with Crippen LogP contribution < -0.4 is 5.32 Å². The van der Waals surface area contributed by atoms with E-state index in [1.54, 1.807) is 17.0 Å². The number of rotatable bonds is 5. The van der Waals surface area contributed by atoms with E-state index in [4.69, 9.17) is 0 Å². The highest BCUT2D eigenvalue weighted by molar-refractivity contribution is 9.10. The van der Waals surface area contributed by atoms with Crippen molar-refractivity contribution < 1.29 is 18.0 Å². The highest BCUT2D eigenvalue weighted by Crippen LogP contribution is 2.18. The molecule has 0 spiro atoms. The summed E-state index contributed by atoms with van der Waals surface area (Å²) < 4.78 is 26.9. The number of piperidine rings is 1. The minimum Gasteiger partial charge on any atom is -0.353 e. The molecule has 2 amide bonds. The first-order valence-electron chi connectivity index (χ1n) is 7.97. The van der Waals surface area contributed by atoms with Crippen LogP contribution in [0.2, 0.25) is 0 Å². The molecule has 138 valence electrons. The SMILES string of the molecule is CC(=O)NC1CCN(C(=O)CN(C)S(=O)(=O)c2ccc(Br)cc2)CC1. The molecule has 0 saturated carbocycles. The maximum absolute atomic E-state index is 12.5. The molecule has 1 aromatic rings. The molecule has 0 aromatic heterocycles. The van der Waals surface area contributed by atoms with Crippen LogP contribution in [0.5, 0.6) is 0 Å². The van der Waals surface area contributed by atoms with Crippen LogP contribution in [0.25, 0.3) is 0 Å². The Bertz CT molecular complexity index is 728. The number of benzene rings is 1. The third kappa shape index (κ3) is 5.26. The summed E-state index contributed by atoms with van der Waals surface area (Å²) in [7, 11) is -2.31. The Labute approximate surface area is 156 Å². The van der Waals surface area contributed by atoms with Crippen LogP contribution in [0.3, 0.4) is 0 Å². The van der Waals surface area contributed by atoms with Gasteiger partial charge in [-0.3, -0.25) is 9.59 Å². The number of hydrogen-bond acceptors (Lipinski definition) is 4. The fourth-order valence-corrected chi connectivity index (χ4v) is 4.11. The predicted molar refractivity (Wildman–Crippen MR) is 97.4 cm³/mol. The van der Waals surface area contributed by atoms with Gasteiger partial charge in [0.05, 0.1) is 11.4 Å². The van der Waals surface area contributed by atoms with Gasteiger partial charge in [0.15, 0.2) is 0 Å². The molecule has 1 N–H and O–H groups in total. The first-order valence-corrected chi connectivity index (χ1v) is 10.2. The zero-order chi connectivity index (χ0) is 18.6. The van der Waals surface area contributed by atoms with Gasteiger partial charge in [-0.2, -0.15) is 4.31 Å². The summed E-state index contributed by atoms with van der Waals surface area (Å²) in [5, 5.41) is 2.85. The van der Waals surface area contributed by atoms with Gasteiger partial charge in [-0.05, 0) is 37.1 Å². The zero-order valence-corrected chi connectivity index (χ0v) is 16.6. The Kier molecular flexibility index (Phi) is 6.59. The average molecular weight is 432 g/mol. The number of nitrogens with zero attached hydrogens (tertiary/aromatic N) is 2. The van der Waals surface area contributed by atoms with Crippen molar-refractivity contribution in [3.63, 3.8) is 0 Å². The second-order valence-electron chi connectivity index (χ2n) is 6.07. The normalized spacial score (nSPS) is 16.1. The highest BCUT2D eigenvalue weighted by Gasteiger charge is 2.27. The summed E-state index contributed by atoms with van der Waals surface area (Å²) in [6.45, 7) is 2.29. The van der Waals surface area contributed by atoms with E-state index in [9.17, 15) is 18.0 Å². The fourth-order valence-electron chi connectivity index (χ4n) is 2.72. The molecule has 1 saturated heterocycles. The highest BCUT2D eigenvalue weighted by atomic mass is 79.9. The van der Waals surface area contributed by atoms with E-state index < -0.39 is 10.0 Å². The second-order valence-corrected chi connectivity index (χ2v) is 9.03. The third-order valence-electron chi connectivity index (χ3n) is 4.13. The van der Waals surface area contributed by atoms with Gasteiger partial charge in [0.1, 0.15) is 0 Å².